The van der Waals surface area contributed by atoms with Crippen molar-refractivity contribution in [1.29, 1.82) is 0 Å². The third-order valence-electron chi connectivity index (χ3n) is 5.25. The fraction of sp³-hybridized carbons (Fsp3) is 0.320. The average molecular weight is 424 g/mol. The summed E-state index contributed by atoms with van der Waals surface area (Å²) in [7, 11) is 0. The van der Waals surface area contributed by atoms with E-state index in [1.54, 1.807) is 38.1 Å². The molecule has 3 rings (SSSR count). The summed E-state index contributed by atoms with van der Waals surface area (Å²) in [6.07, 6.45) is 3.31. The molecule has 4 N–H and O–H groups in total. The van der Waals surface area contributed by atoms with Gasteiger partial charge in [0.2, 0.25) is 0 Å². The quantitative estimate of drug-likeness (QED) is 0.316. The van der Waals surface area contributed by atoms with Gasteiger partial charge in [-0.1, -0.05) is 23.8 Å². The molecule has 1 aliphatic heterocycles. The van der Waals surface area contributed by atoms with E-state index < -0.39 is 23.6 Å². The van der Waals surface area contributed by atoms with Gasteiger partial charge < -0.3 is 25.2 Å². The Morgan fingerprint density at radius 2 is 1.87 bits per heavy atom. The zero-order valence-corrected chi connectivity index (χ0v) is 18.1. The number of rotatable bonds is 6. The van der Waals surface area contributed by atoms with E-state index in [2.05, 4.69) is 0 Å². The van der Waals surface area contributed by atoms with E-state index in [0.717, 1.165) is 5.57 Å². The Bertz CT molecular complexity index is 1050. The predicted octanol–water partition coefficient (Wildman–Crippen LogP) is 4.07. The lowest BCUT2D eigenvalue weighted by molar-refractivity contribution is -0.0762. The number of phenolic OH excluding ortho intramolecular Hbond substituents is 2. The van der Waals surface area contributed by atoms with Gasteiger partial charge in [-0.3, -0.25) is 4.79 Å². The monoisotopic (exact) mass is 424 g/mol. The summed E-state index contributed by atoms with van der Waals surface area (Å²) in [4.78, 5) is 12.7. The maximum Gasteiger partial charge on any atom is 0.189 e. The Morgan fingerprint density at radius 1 is 1.16 bits per heavy atom. The maximum atomic E-state index is 12.7. The van der Waals surface area contributed by atoms with Crippen LogP contribution in [0.25, 0.3) is 6.08 Å². The molecule has 2 atom stereocenters. The van der Waals surface area contributed by atoms with Crippen LogP contribution in [0.1, 0.15) is 60.8 Å². The van der Waals surface area contributed by atoms with Crippen molar-refractivity contribution in [3.63, 3.8) is 0 Å². The van der Waals surface area contributed by atoms with Crippen LogP contribution in [0.4, 0.5) is 0 Å². The van der Waals surface area contributed by atoms with E-state index in [-0.39, 0.29) is 17.1 Å². The molecular weight excluding hydrogens is 396 g/mol. The molecule has 6 nitrogen and oxygen atoms in total. The number of benzene rings is 2. The number of ketones is 1. The van der Waals surface area contributed by atoms with Gasteiger partial charge in [-0.05, 0) is 70.0 Å². The van der Waals surface area contributed by atoms with Gasteiger partial charge in [0, 0.05) is 11.1 Å². The number of carbonyl (C=O) groups excluding carboxylic acids is 1. The average Bonchev–Trinajstić information content (AvgIpc) is 3.02. The van der Waals surface area contributed by atoms with Gasteiger partial charge in [-0.15, -0.1) is 0 Å². The highest BCUT2D eigenvalue weighted by Crippen LogP contribution is 2.41. The smallest absolute Gasteiger partial charge is 0.189 e. The molecule has 0 aliphatic carbocycles. The van der Waals surface area contributed by atoms with E-state index in [1.807, 2.05) is 19.9 Å². The first-order valence-corrected chi connectivity index (χ1v) is 10.1. The lowest BCUT2D eigenvalue weighted by atomic mass is 9.94. The van der Waals surface area contributed by atoms with Crippen LogP contribution in [0, 0.1) is 0 Å². The van der Waals surface area contributed by atoms with E-state index in [9.17, 15) is 25.2 Å². The number of aliphatic hydroxyl groups excluding tert-OH is 1. The Hall–Kier alpha value is -3.09. The van der Waals surface area contributed by atoms with E-state index >= 15 is 0 Å². The van der Waals surface area contributed by atoms with Crippen molar-refractivity contribution in [2.75, 3.05) is 0 Å². The summed E-state index contributed by atoms with van der Waals surface area (Å²) in [6, 6.07) is 7.90. The van der Waals surface area contributed by atoms with Gasteiger partial charge in [0.15, 0.2) is 11.9 Å². The molecule has 0 amide bonds. The molecule has 6 heteroatoms. The molecule has 0 fully saturated rings. The number of allylic oxidation sites excluding steroid dienone is 3. The molecule has 2 aromatic rings. The molecule has 0 bridgehead atoms. The number of aliphatic hydroxyl groups is 2. The molecule has 164 valence electrons. The number of aromatic hydroxyl groups is 2. The highest BCUT2D eigenvalue weighted by atomic mass is 16.5. The number of phenols is 2. The zero-order valence-electron chi connectivity index (χ0n) is 18.1. The highest BCUT2D eigenvalue weighted by molar-refractivity contribution is 6.09. The zero-order chi connectivity index (χ0) is 22.9. The van der Waals surface area contributed by atoms with Crippen LogP contribution in [0.15, 0.2) is 48.1 Å². The molecule has 31 heavy (non-hydrogen) atoms. The number of hydrogen-bond acceptors (Lipinski definition) is 6. The van der Waals surface area contributed by atoms with Gasteiger partial charge in [0.25, 0.3) is 0 Å². The first-order chi connectivity index (χ1) is 14.5. The number of hydrogen-bond donors (Lipinski definition) is 4. The summed E-state index contributed by atoms with van der Waals surface area (Å²) in [5.74, 6) is -0.228. The fourth-order valence-corrected chi connectivity index (χ4v) is 3.50. The summed E-state index contributed by atoms with van der Waals surface area (Å²) >= 11 is 0. The predicted molar refractivity (Wildman–Crippen MR) is 118 cm³/mol. The second kappa shape index (κ2) is 8.57. The molecule has 0 spiro atoms. The Balaban J connectivity index is 1.83. The van der Waals surface area contributed by atoms with Gasteiger partial charge in [-0.25, -0.2) is 0 Å². The summed E-state index contributed by atoms with van der Waals surface area (Å²) < 4.78 is 5.66. The van der Waals surface area contributed by atoms with Crippen molar-refractivity contribution in [3.05, 3.63) is 70.3 Å². The van der Waals surface area contributed by atoms with E-state index in [1.165, 1.54) is 18.2 Å². The first-order valence-electron chi connectivity index (χ1n) is 10.1. The van der Waals surface area contributed by atoms with Gasteiger partial charge >= 0.3 is 0 Å². The van der Waals surface area contributed by atoms with E-state index in [0.29, 0.717) is 28.9 Å². The lowest BCUT2D eigenvalue weighted by Crippen LogP contribution is -2.41. The third-order valence-corrected chi connectivity index (χ3v) is 5.25. The minimum Gasteiger partial charge on any atom is -0.508 e. The molecule has 0 aromatic heterocycles. The molecular formula is C25H28O6. The van der Waals surface area contributed by atoms with Crippen LogP contribution in [0.2, 0.25) is 0 Å². The summed E-state index contributed by atoms with van der Waals surface area (Å²) in [6.45, 7) is 6.97. The van der Waals surface area contributed by atoms with Crippen LogP contribution in [-0.2, 0) is 6.42 Å². The minimum absolute atomic E-state index is 0.0653. The summed E-state index contributed by atoms with van der Waals surface area (Å²) in [5.41, 5.74) is 1.41. The van der Waals surface area contributed by atoms with Gasteiger partial charge in [0.05, 0.1) is 11.2 Å². The second-order valence-electron chi connectivity index (χ2n) is 8.58. The molecule has 0 saturated heterocycles. The molecule has 1 aliphatic rings. The number of carbonyl (C=O) groups is 1. The lowest BCUT2D eigenvalue weighted by Gasteiger charge is -2.27. The topological polar surface area (TPSA) is 107 Å². The second-order valence-corrected chi connectivity index (χ2v) is 8.58. The molecule has 2 aromatic carbocycles. The molecule has 1 heterocycles. The minimum atomic E-state index is -1.22. The first kappa shape index (κ1) is 22.6. The highest BCUT2D eigenvalue weighted by Gasteiger charge is 2.42. The van der Waals surface area contributed by atoms with Crippen LogP contribution >= 0.6 is 0 Å². The van der Waals surface area contributed by atoms with Crippen LogP contribution in [0.5, 0.6) is 17.2 Å². The van der Waals surface area contributed by atoms with Crippen molar-refractivity contribution in [2.24, 2.45) is 0 Å². The maximum absolute atomic E-state index is 12.7. The molecule has 0 saturated carbocycles. The third kappa shape index (κ3) is 4.81. The molecule has 2 unspecified atom stereocenters. The van der Waals surface area contributed by atoms with Gasteiger partial charge in [-0.2, -0.15) is 0 Å². The fourth-order valence-electron chi connectivity index (χ4n) is 3.50. The Labute approximate surface area is 181 Å². The van der Waals surface area contributed by atoms with E-state index in [4.69, 9.17) is 4.74 Å². The van der Waals surface area contributed by atoms with Crippen molar-refractivity contribution in [1.82, 2.24) is 0 Å². The van der Waals surface area contributed by atoms with Crippen molar-refractivity contribution in [2.45, 2.75) is 51.9 Å². The van der Waals surface area contributed by atoms with Crippen molar-refractivity contribution >= 4 is 11.9 Å². The van der Waals surface area contributed by atoms with Gasteiger partial charge in [0.1, 0.15) is 23.4 Å². The standard InChI is InChI=1S/C25H28O6/c1-14(2)5-8-16-20(27)11-9-17(22(16)28)19(26)10-6-15-7-12-21-18(13-15)23(29)24(31-21)25(3,4)30/h5-7,9-13,23-24,27-30H,8H2,1-4H3. The SMILES string of the molecule is CC(C)=CCc1c(O)ccc(C(=O)C=Cc2ccc3c(c2)C(O)C(C(C)(C)O)O3)c1O. The molecule has 0 radical (unpaired) electrons. The van der Waals surface area contributed by atoms with Crippen LogP contribution < -0.4 is 4.74 Å². The van der Waals surface area contributed by atoms with Crippen LogP contribution in [0.3, 0.4) is 0 Å². The number of ether oxygens (including phenoxy) is 1. The Morgan fingerprint density at radius 3 is 2.52 bits per heavy atom. The normalized spacial score (nSPS) is 18.0. The van der Waals surface area contributed by atoms with Crippen molar-refractivity contribution < 1.29 is 30.0 Å². The van der Waals surface area contributed by atoms with Crippen LogP contribution in [-0.4, -0.2) is 37.9 Å². The number of fused-ring (bicyclic) bond motifs is 1. The largest absolute Gasteiger partial charge is 0.508 e. The summed E-state index contributed by atoms with van der Waals surface area (Å²) in [5, 5.41) is 41.2. The van der Waals surface area contributed by atoms with Crippen molar-refractivity contribution in [3.8, 4) is 17.2 Å². The Kier molecular flexibility index (Phi) is 6.25.